The fraction of sp³-hybridized carbons (Fsp3) is 0.150. The molecule has 0 radical (unpaired) electrons. The minimum atomic E-state index is -4.64. The normalized spacial score (nSPS) is 11.3. The van der Waals surface area contributed by atoms with E-state index in [0.29, 0.717) is 6.07 Å². The number of esters is 1. The number of rotatable bonds is 5. The van der Waals surface area contributed by atoms with Crippen molar-refractivity contribution in [2.45, 2.75) is 19.7 Å². The van der Waals surface area contributed by atoms with Gasteiger partial charge in [0.15, 0.2) is 5.69 Å². The van der Waals surface area contributed by atoms with E-state index in [0.717, 1.165) is 0 Å². The van der Waals surface area contributed by atoms with Gasteiger partial charge in [-0.05, 0) is 43.3 Å². The number of hydrogen-bond acceptors (Lipinski definition) is 5. The number of nitrogens with zero attached hydrogens (tertiary/aromatic N) is 2. The molecule has 0 aliphatic carbocycles. The van der Waals surface area contributed by atoms with Gasteiger partial charge in [-0.3, -0.25) is 0 Å². The molecule has 0 unspecified atom stereocenters. The minimum Gasteiger partial charge on any atom is -0.457 e. The van der Waals surface area contributed by atoms with Crippen LogP contribution in [0.5, 0.6) is 11.6 Å². The van der Waals surface area contributed by atoms with Crippen LogP contribution in [0.4, 0.5) is 17.6 Å². The summed E-state index contributed by atoms with van der Waals surface area (Å²) < 4.78 is 62.6. The maximum atomic E-state index is 13.7. The average molecular weight is 441 g/mol. The van der Waals surface area contributed by atoms with Gasteiger partial charge < -0.3 is 9.47 Å². The molecule has 0 spiro atoms. The third-order valence-corrected chi connectivity index (χ3v) is 4.18. The number of aromatic nitrogens is 2. The van der Waals surface area contributed by atoms with E-state index < -0.39 is 23.7 Å². The van der Waals surface area contributed by atoms with Gasteiger partial charge in [0.2, 0.25) is 5.88 Å². The third-order valence-electron chi connectivity index (χ3n) is 3.83. The smallest absolute Gasteiger partial charge is 0.433 e. The number of halogens is 5. The number of ether oxygens (including phenoxy) is 2. The number of hydrogen-bond donors (Lipinski definition) is 0. The van der Waals surface area contributed by atoms with Crippen LogP contribution >= 0.6 is 11.6 Å². The molecule has 0 saturated carbocycles. The summed E-state index contributed by atoms with van der Waals surface area (Å²) in [5.74, 6) is -1.59. The van der Waals surface area contributed by atoms with E-state index in [2.05, 4.69) is 9.97 Å². The van der Waals surface area contributed by atoms with Crippen molar-refractivity contribution in [3.63, 3.8) is 0 Å². The van der Waals surface area contributed by atoms with E-state index in [1.165, 1.54) is 49.4 Å². The lowest BCUT2D eigenvalue weighted by Gasteiger charge is -2.10. The Morgan fingerprint density at radius 3 is 2.43 bits per heavy atom. The van der Waals surface area contributed by atoms with Gasteiger partial charge in [-0.2, -0.15) is 18.2 Å². The molecule has 3 aromatic rings. The van der Waals surface area contributed by atoms with Crippen LogP contribution in [0.15, 0.2) is 48.5 Å². The molecule has 30 heavy (non-hydrogen) atoms. The Morgan fingerprint density at radius 1 is 1.10 bits per heavy atom. The number of carbonyl (C=O) groups is 1. The molecular weight excluding hydrogens is 428 g/mol. The van der Waals surface area contributed by atoms with Crippen LogP contribution in [0.2, 0.25) is 5.02 Å². The summed E-state index contributed by atoms with van der Waals surface area (Å²) in [5.41, 5.74) is -0.950. The van der Waals surface area contributed by atoms with E-state index in [-0.39, 0.29) is 40.2 Å². The van der Waals surface area contributed by atoms with Gasteiger partial charge in [0.1, 0.15) is 24.0 Å². The first kappa shape index (κ1) is 21.5. The Kier molecular flexibility index (Phi) is 6.21. The molecule has 0 bridgehead atoms. The number of benzene rings is 2. The van der Waals surface area contributed by atoms with Crippen LogP contribution in [0.3, 0.4) is 0 Å². The maximum Gasteiger partial charge on any atom is 0.433 e. The summed E-state index contributed by atoms with van der Waals surface area (Å²) in [7, 11) is 0. The number of aryl methyl sites for hydroxylation is 1. The van der Waals surface area contributed by atoms with E-state index in [1.807, 2.05) is 0 Å². The quantitative estimate of drug-likeness (QED) is 0.373. The van der Waals surface area contributed by atoms with E-state index >= 15 is 0 Å². The van der Waals surface area contributed by atoms with Crippen LogP contribution in [0, 0.1) is 12.7 Å². The molecule has 0 amide bonds. The lowest BCUT2D eigenvalue weighted by molar-refractivity contribution is -0.141. The Hall–Kier alpha value is -3.20. The van der Waals surface area contributed by atoms with Crippen LogP contribution in [-0.2, 0) is 17.5 Å². The maximum absolute atomic E-state index is 13.7. The standard InChI is InChI=1S/C20H13ClF4N2O3/c1-11-26-17(20(23,24)25)9-18(27-11)30-13-7-5-12(6-8-13)19(28)29-10-14-15(21)3-2-4-16(14)22/h2-9H,10H2,1H3. The molecule has 10 heteroatoms. The highest BCUT2D eigenvalue weighted by Crippen LogP contribution is 2.30. The van der Waals surface area contributed by atoms with Crippen molar-refractivity contribution in [2.24, 2.45) is 0 Å². The molecule has 0 fully saturated rings. The van der Waals surface area contributed by atoms with Crippen LogP contribution in [-0.4, -0.2) is 15.9 Å². The Labute approximate surface area is 173 Å². The van der Waals surface area contributed by atoms with Crippen molar-refractivity contribution in [1.29, 1.82) is 0 Å². The molecule has 0 atom stereocenters. The zero-order valence-corrected chi connectivity index (χ0v) is 16.1. The van der Waals surface area contributed by atoms with Gasteiger partial charge in [-0.15, -0.1) is 0 Å². The number of carbonyl (C=O) groups excluding carboxylic acids is 1. The van der Waals surface area contributed by atoms with Crippen molar-refractivity contribution in [2.75, 3.05) is 0 Å². The minimum absolute atomic E-state index is 0.0482. The van der Waals surface area contributed by atoms with Gasteiger partial charge >= 0.3 is 12.1 Å². The van der Waals surface area contributed by atoms with Crippen LogP contribution in [0.1, 0.15) is 27.4 Å². The van der Waals surface area contributed by atoms with Crippen LogP contribution < -0.4 is 4.74 Å². The Bertz CT molecular complexity index is 1050. The summed E-state index contributed by atoms with van der Waals surface area (Å²) in [6.07, 6.45) is -4.64. The van der Waals surface area contributed by atoms with Crippen molar-refractivity contribution in [3.8, 4) is 11.6 Å². The fourth-order valence-corrected chi connectivity index (χ4v) is 2.63. The van der Waals surface area contributed by atoms with Gasteiger partial charge in [-0.1, -0.05) is 17.7 Å². The van der Waals surface area contributed by atoms with Gasteiger partial charge in [0, 0.05) is 11.6 Å². The zero-order valence-electron chi connectivity index (χ0n) is 15.3. The largest absolute Gasteiger partial charge is 0.457 e. The number of alkyl halides is 3. The first-order chi connectivity index (χ1) is 14.1. The molecule has 3 rings (SSSR count). The molecular formula is C20H13ClF4N2O3. The van der Waals surface area contributed by atoms with Gasteiger partial charge in [0.25, 0.3) is 0 Å². The summed E-state index contributed by atoms with van der Waals surface area (Å²) in [5, 5.41) is 0.130. The molecule has 156 valence electrons. The summed E-state index contributed by atoms with van der Waals surface area (Å²) in [4.78, 5) is 19.3. The molecule has 1 aromatic heterocycles. The second-order valence-corrected chi connectivity index (χ2v) is 6.45. The SMILES string of the molecule is Cc1nc(Oc2ccc(C(=O)OCc3c(F)cccc3Cl)cc2)cc(C(F)(F)F)n1. The average Bonchev–Trinajstić information content (AvgIpc) is 2.67. The second-order valence-electron chi connectivity index (χ2n) is 6.04. The molecule has 1 heterocycles. The van der Waals surface area contributed by atoms with Crippen molar-refractivity contribution in [3.05, 3.63) is 82.0 Å². The van der Waals surface area contributed by atoms with Crippen molar-refractivity contribution in [1.82, 2.24) is 9.97 Å². The Morgan fingerprint density at radius 2 is 1.80 bits per heavy atom. The highest BCUT2D eigenvalue weighted by Gasteiger charge is 2.33. The lowest BCUT2D eigenvalue weighted by atomic mass is 10.2. The lowest BCUT2D eigenvalue weighted by Crippen LogP contribution is -2.10. The van der Waals surface area contributed by atoms with Gasteiger partial charge in [-0.25, -0.2) is 14.2 Å². The van der Waals surface area contributed by atoms with E-state index in [9.17, 15) is 22.4 Å². The molecule has 0 aliphatic heterocycles. The summed E-state index contributed by atoms with van der Waals surface area (Å²) in [6, 6.07) is 10.2. The third kappa shape index (κ3) is 5.24. The first-order valence-corrected chi connectivity index (χ1v) is 8.82. The Balaban J connectivity index is 1.68. The predicted octanol–water partition coefficient (Wildman–Crippen LogP) is 5.75. The molecule has 0 saturated heterocycles. The fourth-order valence-electron chi connectivity index (χ4n) is 2.41. The first-order valence-electron chi connectivity index (χ1n) is 8.44. The van der Waals surface area contributed by atoms with Crippen LogP contribution in [0.25, 0.3) is 0 Å². The van der Waals surface area contributed by atoms with E-state index in [4.69, 9.17) is 21.1 Å². The predicted molar refractivity (Wildman–Crippen MR) is 98.8 cm³/mol. The zero-order chi connectivity index (χ0) is 21.9. The summed E-state index contributed by atoms with van der Waals surface area (Å²) in [6.45, 7) is 0.950. The van der Waals surface area contributed by atoms with E-state index in [1.54, 1.807) is 0 Å². The van der Waals surface area contributed by atoms with Crippen molar-refractivity contribution >= 4 is 17.6 Å². The molecule has 5 nitrogen and oxygen atoms in total. The highest BCUT2D eigenvalue weighted by molar-refractivity contribution is 6.31. The monoisotopic (exact) mass is 440 g/mol. The van der Waals surface area contributed by atoms with Crippen molar-refractivity contribution < 1.29 is 31.8 Å². The second kappa shape index (κ2) is 8.66. The topological polar surface area (TPSA) is 61.3 Å². The van der Waals surface area contributed by atoms with Gasteiger partial charge in [0.05, 0.1) is 10.6 Å². The molecule has 2 aromatic carbocycles. The highest BCUT2D eigenvalue weighted by atomic mass is 35.5. The molecule has 0 N–H and O–H groups in total. The molecule has 0 aliphatic rings. The summed E-state index contributed by atoms with van der Waals surface area (Å²) >= 11 is 5.88.